The van der Waals surface area contributed by atoms with Gasteiger partial charge in [0, 0.05) is 6.54 Å². The zero-order valence-corrected chi connectivity index (χ0v) is 11.0. The Morgan fingerprint density at radius 1 is 1.26 bits per heavy atom. The molecule has 4 aliphatic rings. The van der Waals surface area contributed by atoms with Crippen molar-refractivity contribution in [3.63, 3.8) is 0 Å². The average Bonchev–Trinajstić information content (AvgIpc) is 2.74. The Kier molecular flexibility index (Phi) is 2.29. The Morgan fingerprint density at radius 2 is 1.84 bits per heavy atom. The molecule has 0 aliphatic heterocycles. The first-order valence-electron chi connectivity index (χ1n) is 7.25. The van der Waals surface area contributed by atoms with Gasteiger partial charge in [0.2, 0.25) is 0 Å². The molecule has 0 atom stereocenters. The number of aromatic nitrogens is 3. The third-order valence-electron chi connectivity index (χ3n) is 5.42. The quantitative estimate of drug-likeness (QED) is 0.905. The molecular weight excluding hydrogens is 242 g/mol. The molecule has 5 nitrogen and oxygen atoms in total. The van der Waals surface area contributed by atoms with Crippen LogP contribution in [0.4, 0.5) is 0 Å². The number of carbonyl (C=O) groups is 1. The number of hydrogen-bond acceptors (Lipinski definition) is 3. The highest BCUT2D eigenvalue weighted by Crippen LogP contribution is 2.60. The molecule has 0 aromatic carbocycles. The van der Waals surface area contributed by atoms with Gasteiger partial charge in [-0.25, -0.2) is 4.79 Å². The fourth-order valence-corrected chi connectivity index (χ4v) is 5.30. The van der Waals surface area contributed by atoms with Crippen molar-refractivity contribution in [1.82, 2.24) is 15.0 Å². The molecule has 1 aromatic heterocycles. The second-order valence-corrected chi connectivity index (χ2v) is 7.02. The number of aromatic carboxylic acids is 1. The van der Waals surface area contributed by atoms with E-state index in [2.05, 4.69) is 10.3 Å². The van der Waals surface area contributed by atoms with Crippen LogP contribution in [0, 0.1) is 23.2 Å². The Labute approximate surface area is 112 Å². The third kappa shape index (κ3) is 1.86. The molecule has 0 amide bonds. The van der Waals surface area contributed by atoms with Crippen LogP contribution in [-0.2, 0) is 6.54 Å². The monoisotopic (exact) mass is 261 g/mol. The molecule has 4 bridgehead atoms. The molecule has 1 aromatic rings. The van der Waals surface area contributed by atoms with Gasteiger partial charge in [0.1, 0.15) is 0 Å². The van der Waals surface area contributed by atoms with Gasteiger partial charge in [0.15, 0.2) is 5.69 Å². The van der Waals surface area contributed by atoms with E-state index in [1.165, 1.54) is 38.5 Å². The first-order chi connectivity index (χ1) is 9.12. The van der Waals surface area contributed by atoms with E-state index in [-0.39, 0.29) is 5.69 Å². The van der Waals surface area contributed by atoms with E-state index in [1.807, 2.05) is 0 Å². The van der Waals surface area contributed by atoms with Crippen LogP contribution in [0.15, 0.2) is 6.20 Å². The van der Waals surface area contributed by atoms with Crippen molar-refractivity contribution < 1.29 is 9.90 Å². The first kappa shape index (κ1) is 11.4. The average molecular weight is 261 g/mol. The zero-order valence-electron chi connectivity index (χ0n) is 11.0. The van der Waals surface area contributed by atoms with Crippen molar-refractivity contribution in [2.75, 3.05) is 0 Å². The summed E-state index contributed by atoms with van der Waals surface area (Å²) in [5, 5.41) is 16.6. The molecule has 5 heteroatoms. The summed E-state index contributed by atoms with van der Waals surface area (Å²) >= 11 is 0. The van der Waals surface area contributed by atoms with Crippen molar-refractivity contribution >= 4 is 5.97 Å². The van der Waals surface area contributed by atoms with E-state index in [9.17, 15) is 4.79 Å². The van der Waals surface area contributed by atoms with E-state index in [0.29, 0.717) is 5.41 Å². The number of rotatable bonds is 3. The highest BCUT2D eigenvalue weighted by Gasteiger charge is 2.51. The normalized spacial score (nSPS) is 39.7. The second kappa shape index (κ2) is 3.81. The largest absolute Gasteiger partial charge is 0.476 e. The molecule has 0 saturated heterocycles. The molecule has 5 rings (SSSR count). The van der Waals surface area contributed by atoms with Crippen LogP contribution in [0.1, 0.15) is 49.0 Å². The van der Waals surface area contributed by atoms with Crippen LogP contribution < -0.4 is 0 Å². The molecule has 1 heterocycles. The minimum Gasteiger partial charge on any atom is -0.476 e. The maximum atomic E-state index is 10.9. The van der Waals surface area contributed by atoms with Crippen molar-refractivity contribution in [2.24, 2.45) is 23.2 Å². The molecule has 4 saturated carbocycles. The minimum atomic E-state index is -0.989. The predicted octanol–water partition coefficient (Wildman–Crippen LogP) is 2.19. The lowest BCUT2D eigenvalue weighted by atomic mass is 9.49. The maximum absolute atomic E-state index is 10.9. The summed E-state index contributed by atoms with van der Waals surface area (Å²) in [5.74, 6) is 1.74. The van der Waals surface area contributed by atoms with Gasteiger partial charge >= 0.3 is 5.97 Å². The van der Waals surface area contributed by atoms with Gasteiger partial charge in [-0.1, -0.05) is 5.21 Å². The van der Waals surface area contributed by atoms with Gasteiger partial charge in [-0.2, -0.15) is 0 Å². The number of nitrogens with zero attached hydrogens (tertiary/aromatic N) is 3. The Hall–Kier alpha value is -1.39. The van der Waals surface area contributed by atoms with Gasteiger partial charge in [-0.3, -0.25) is 4.68 Å². The topological polar surface area (TPSA) is 68.0 Å². The lowest BCUT2D eigenvalue weighted by Gasteiger charge is -2.56. The molecule has 0 radical (unpaired) electrons. The van der Waals surface area contributed by atoms with Crippen molar-refractivity contribution in [3.05, 3.63) is 11.9 Å². The highest BCUT2D eigenvalue weighted by atomic mass is 16.4. The third-order valence-corrected chi connectivity index (χ3v) is 5.42. The molecule has 1 N–H and O–H groups in total. The molecule has 0 spiro atoms. The van der Waals surface area contributed by atoms with Crippen molar-refractivity contribution in [3.8, 4) is 0 Å². The van der Waals surface area contributed by atoms with Crippen molar-refractivity contribution in [2.45, 2.75) is 45.1 Å². The van der Waals surface area contributed by atoms with Gasteiger partial charge < -0.3 is 5.11 Å². The standard InChI is InChI=1S/C14H19N3O2/c18-13(19)12-7-17(16-15-12)8-14-4-9-1-10(5-14)3-11(2-9)6-14/h7,9-11H,1-6,8H2,(H,18,19). The molecule has 4 aliphatic carbocycles. The van der Waals surface area contributed by atoms with E-state index in [4.69, 9.17) is 5.11 Å². The summed E-state index contributed by atoms with van der Waals surface area (Å²) in [4.78, 5) is 10.9. The Balaban J connectivity index is 1.57. The molecule has 4 fully saturated rings. The fraction of sp³-hybridized carbons (Fsp3) is 0.786. The van der Waals surface area contributed by atoms with E-state index in [1.54, 1.807) is 10.9 Å². The Bertz CT molecular complexity index is 487. The van der Waals surface area contributed by atoms with Crippen LogP contribution in [-0.4, -0.2) is 26.1 Å². The molecule has 0 unspecified atom stereocenters. The summed E-state index contributed by atoms with van der Waals surface area (Å²) in [6, 6.07) is 0. The minimum absolute atomic E-state index is 0.0599. The number of carboxylic acid groups (broad SMARTS) is 1. The maximum Gasteiger partial charge on any atom is 0.358 e. The smallest absolute Gasteiger partial charge is 0.358 e. The fourth-order valence-electron chi connectivity index (χ4n) is 5.30. The van der Waals surface area contributed by atoms with Gasteiger partial charge in [-0.05, 0) is 61.7 Å². The lowest BCUT2D eigenvalue weighted by Crippen LogP contribution is -2.48. The lowest BCUT2D eigenvalue weighted by molar-refractivity contribution is -0.0637. The van der Waals surface area contributed by atoms with Crippen LogP contribution in [0.25, 0.3) is 0 Å². The van der Waals surface area contributed by atoms with Gasteiger partial charge in [0.05, 0.1) is 6.20 Å². The SMILES string of the molecule is O=C(O)c1cn(CC23CC4CC(CC(C4)C2)C3)nn1. The van der Waals surface area contributed by atoms with Crippen LogP contribution in [0.5, 0.6) is 0 Å². The summed E-state index contributed by atoms with van der Waals surface area (Å²) < 4.78 is 1.76. The van der Waals surface area contributed by atoms with Gasteiger partial charge in [0.25, 0.3) is 0 Å². The van der Waals surface area contributed by atoms with E-state index >= 15 is 0 Å². The molecule has 19 heavy (non-hydrogen) atoms. The summed E-state index contributed by atoms with van der Waals surface area (Å²) in [7, 11) is 0. The molecule has 102 valence electrons. The van der Waals surface area contributed by atoms with Gasteiger partial charge in [-0.15, -0.1) is 5.10 Å². The summed E-state index contributed by atoms with van der Waals surface area (Å²) in [5.41, 5.74) is 0.433. The summed E-state index contributed by atoms with van der Waals surface area (Å²) in [6.45, 7) is 0.858. The van der Waals surface area contributed by atoms with Crippen LogP contribution in [0.3, 0.4) is 0 Å². The first-order valence-corrected chi connectivity index (χ1v) is 7.25. The Morgan fingerprint density at radius 3 is 2.32 bits per heavy atom. The second-order valence-electron chi connectivity index (χ2n) is 7.02. The molecular formula is C14H19N3O2. The predicted molar refractivity (Wildman–Crippen MR) is 67.6 cm³/mol. The summed E-state index contributed by atoms with van der Waals surface area (Å²) in [6.07, 6.45) is 9.79. The number of carboxylic acids is 1. The van der Waals surface area contributed by atoms with Crippen molar-refractivity contribution in [1.29, 1.82) is 0 Å². The van der Waals surface area contributed by atoms with E-state index < -0.39 is 5.97 Å². The van der Waals surface area contributed by atoms with Crippen LogP contribution in [0.2, 0.25) is 0 Å². The van der Waals surface area contributed by atoms with Crippen LogP contribution >= 0.6 is 0 Å². The highest BCUT2D eigenvalue weighted by molar-refractivity contribution is 5.84. The van der Waals surface area contributed by atoms with E-state index in [0.717, 1.165) is 24.3 Å². The zero-order chi connectivity index (χ0) is 13.0. The number of hydrogen-bond donors (Lipinski definition) is 1.